The lowest BCUT2D eigenvalue weighted by Gasteiger charge is -2.39. The van der Waals surface area contributed by atoms with Gasteiger partial charge in [0.15, 0.2) is 0 Å². The van der Waals surface area contributed by atoms with Gasteiger partial charge in [0.2, 0.25) is 15.9 Å². The lowest BCUT2D eigenvalue weighted by molar-refractivity contribution is -0.137. The first kappa shape index (κ1) is 25.1. The third-order valence-electron chi connectivity index (χ3n) is 6.34. The average molecular weight is 526 g/mol. The number of carbonyl (C=O) groups is 1. The van der Waals surface area contributed by atoms with Crippen molar-refractivity contribution in [3.05, 3.63) is 52.5 Å². The van der Waals surface area contributed by atoms with E-state index in [2.05, 4.69) is 4.90 Å². The van der Waals surface area contributed by atoms with Crippen molar-refractivity contribution in [1.29, 1.82) is 0 Å². The molecule has 0 N–H and O–H groups in total. The number of hydrogen-bond donors (Lipinski definition) is 0. The number of halogens is 2. The summed E-state index contributed by atoms with van der Waals surface area (Å²) in [7, 11) is -3.76. The highest BCUT2D eigenvalue weighted by atomic mass is 35.5. The molecule has 1 amide bonds. The van der Waals surface area contributed by atoms with Gasteiger partial charge >= 0.3 is 0 Å². The molecule has 2 saturated heterocycles. The SMILES string of the molecule is CCOc1ccc(S(=O)(=O)N2CCC[C@H](C(=O)N3CCN(c4cccc(Cl)c4)CC3)C2)cc1Cl. The number of carbonyl (C=O) groups excluding carboxylic acids is 1. The quantitative estimate of drug-likeness (QED) is 0.566. The molecule has 2 aromatic carbocycles. The van der Waals surface area contributed by atoms with E-state index in [-0.39, 0.29) is 28.3 Å². The fourth-order valence-electron chi connectivity index (χ4n) is 4.54. The van der Waals surface area contributed by atoms with Crippen molar-refractivity contribution in [1.82, 2.24) is 9.21 Å². The van der Waals surface area contributed by atoms with Gasteiger partial charge < -0.3 is 14.5 Å². The van der Waals surface area contributed by atoms with Crippen LogP contribution in [-0.4, -0.2) is 69.4 Å². The van der Waals surface area contributed by atoms with Gasteiger partial charge in [-0.05, 0) is 56.2 Å². The molecule has 0 spiro atoms. The first-order chi connectivity index (χ1) is 16.3. The van der Waals surface area contributed by atoms with Crippen LogP contribution in [0.2, 0.25) is 10.0 Å². The molecule has 1 atom stereocenters. The number of rotatable bonds is 6. The number of ether oxygens (including phenoxy) is 1. The van der Waals surface area contributed by atoms with Crippen LogP contribution in [0.3, 0.4) is 0 Å². The molecule has 2 aliphatic rings. The van der Waals surface area contributed by atoms with Crippen LogP contribution < -0.4 is 9.64 Å². The van der Waals surface area contributed by atoms with E-state index in [9.17, 15) is 13.2 Å². The number of piperidine rings is 1. The summed E-state index contributed by atoms with van der Waals surface area (Å²) in [5.74, 6) is 0.126. The fraction of sp³-hybridized carbons (Fsp3) is 0.458. The number of sulfonamides is 1. The van der Waals surface area contributed by atoms with E-state index in [1.165, 1.54) is 16.4 Å². The molecule has 0 saturated carbocycles. The van der Waals surface area contributed by atoms with Crippen LogP contribution in [0, 0.1) is 5.92 Å². The predicted octanol–water partition coefficient (Wildman–Crippen LogP) is 4.14. The molecule has 2 fully saturated rings. The van der Waals surface area contributed by atoms with Crippen molar-refractivity contribution >= 4 is 44.8 Å². The number of nitrogens with zero attached hydrogens (tertiary/aromatic N) is 3. The second kappa shape index (κ2) is 10.7. The Morgan fingerprint density at radius 3 is 2.50 bits per heavy atom. The largest absolute Gasteiger partial charge is 0.492 e. The Morgan fingerprint density at radius 1 is 1.06 bits per heavy atom. The number of amides is 1. The second-order valence-corrected chi connectivity index (χ2v) is 11.3. The molecular weight excluding hydrogens is 497 g/mol. The maximum absolute atomic E-state index is 13.3. The molecule has 0 aliphatic carbocycles. The lowest BCUT2D eigenvalue weighted by atomic mass is 9.97. The maximum Gasteiger partial charge on any atom is 0.243 e. The predicted molar refractivity (Wildman–Crippen MR) is 134 cm³/mol. The second-order valence-electron chi connectivity index (χ2n) is 8.52. The molecule has 2 heterocycles. The van der Waals surface area contributed by atoms with Gasteiger partial charge in [-0.3, -0.25) is 4.79 Å². The number of piperazine rings is 1. The first-order valence-corrected chi connectivity index (χ1v) is 13.7. The van der Waals surface area contributed by atoms with Crippen molar-refractivity contribution in [2.75, 3.05) is 50.8 Å². The van der Waals surface area contributed by atoms with Gasteiger partial charge in [-0.2, -0.15) is 4.31 Å². The van der Waals surface area contributed by atoms with Crippen LogP contribution in [0.1, 0.15) is 19.8 Å². The van der Waals surface area contributed by atoms with E-state index in [1.54, 1.807) is 6.07 Å². The van der Waals surface area contributed by atoms with Gasteiger partial charge in [0, 0.05) is 50.0 Å². The molecule has 2 aromatic rings. The summed E-state index contributed by atoms with van der Waals surface area (Å²) in [4.78, 5) is 17.4. The van der Waals surface area contributed by atoms with Crippen LogP contribution in [0.5, 0.6) is 5.75 Å². The summed E-state index contributed by atoms with van der Waals surface area (Å²) in [6.07, 6.45) is 1.33. The molecule has 0 unspecified atom stereocenters. The normalized spacial score (nSPS) is 19.8. The number of hydrogen-bond acceptors (Lipinski definition) is 5. The van der Waals surface area contributed by atoms with Crippen LogP contribution >= 0.6 is 23.2 Å². The highest BCUT2D eigenvalue weighted by molar-refractivity contribution is 7.89. The van der Waals surface area contributed by atoms with Gasteiger partial charge in [-0.25, -0.2) is 8.42 Å². The highest BCUT2D eigenvalue weighted by Gasteiger charge is 2.36. The van der Waals surface area contributed by atoms with Gasteiger partial charge in [0.05, 0.1) is 22.4 Å². The summed E-state index contributed by atoms with van der Waals surface area (Å²) in [5, 5.41) is 0.943. The molecule has 0 aromatic heterocycles. The zero-order valence-electron chi connectivity index (χ0n) is 19.1. The van der Waals surface area contributed by atoms with Crippen molar-refractivity contribution in [3.8, 4) is 5.75 Å². The van der Waals surface area contributed by atoms with Crippen LogP contribution in [0.25, 0.3) is 0 Å². The Balaban J connectivity index is 1.39. The van der Waals surface area contributed by atoms with Crippen molar-refractivity contribution in [3.63, 3.8) is 0 Å². The summed E-state index contributed by atoms with van der Waals surface area (Å²) < 4.78 is 33.3. The fourth-order valence-corrected chi connectivity index (χ4v) is 6.58. The molecular formula is C24H29Cl2N3O4S. The van der Waals surface area contributed by atoms with Crippen LogP contribution in [0.15, 0.2) is 47.4 Å². The molecule has 7 nitrogen and oxygen atoms in total. The first-order valence-electron chi connectivity index (χ1n) is 11.5. The van der Waals surface area contributed by atoms with Crippen LogP contribution in [0.4, 0.5) is 5.69 Å². The molecule has 184 valence electrons. The van der Waals surface area contributed by atoms with Gasteiger partial charge in [-0.15, -0.1) is 0 Å². The topological polar surface area (TPSA) is 70.2 Å². The third-order valence-corrected chi connectivity index (χ3v) is 8.73. The smallest absolute Gasteiger partial charge is 0.243 e. The van der Waals surface area contributed by atoms with Gasteiger partial charge in [0.1, 0.15) is 5.75 Å². The number of anilines is 1. The minimum absolute atomic E-state index is 0.0235. The average Bonchev–Trinajstić information content (AvgIpc) is 2.85. The lowest BCUT2D eigenvalue weighted by Crippen LogP contribution is -2.53. The molecule has 4 rings (SSSR count). The zero-order chi connectivity index (χ0) is 24.3. The summed E-state index contributed by atoms with van der Waals surface area (Å²) in [6.45, 7) is 5.47. The molecule has 10 heteroatoms. The van der Waals surface area contributed by atoms with Crippen LogP contribution in [-0.2, 0) is 14.8 Å². The van der Waals surface area contributed by atoms with Crippen molar-refractivity contribution < 1.29 is 17.9 Å². The van der Waals surface area contributed by atoms with Crippen molar-refractivity contribution in [2.24, 2.45) is 5.92 Å². The summed E-state index contributed by atoms with van der Waals surface area (Å²) in [6, 6.07) is 12.2. The Kier molecular flexibility index (Phi) is 7.92. The minimum Gasteiger partial charge on any atom is -0.492 e. The number of benzene rings is 2. The molecule has 0 bridgehead atoms. The highest BCUT2D eigenvalue weighted by Crippen LogP contribution is 2.31. The monoisotopic (exact) mass is 525 g/mol. The van der Waals surface area contributed by atoms with Crippen molar-refractivity contribution in [2.45, 2.75) is 24.7 Å². The van der Waals surface area contributed by atoms with E-state index in [1.807, 2.05) is 36.1 Å². The maximum atomic E-state index is 13.3. The molecule has 2 aliphatic heterocycles. The Bertz CT molecular complexity index is 1140. The molecule has 34 heavy (non-hydrogen) atoms. The Morgan fingerprint density at radius 2 is 1.82 bits per heavy atom. The Labute approximate surface area is 211 Å². The van der Waals surface area contributed by atoms with E-state index in [4.69, 9.17) is 27.9 Å². The zero-order valence-corrected chi connectivity index (χ0v) is 21.4. The van der Waals surface area contributed by atoms with Gasteiger partial charge in [0.25, 0.3) is 0 Å². The van der Waals surface area contributed by atoms with E-state index in [0.717, 1.165) is 5.69 Å². The third kappa shape index (κ3) is 5.46. The minimum atomic E-state index is -3.76. The summed E-state index contributed by atoms with van der Waals surface area (Å²) >= 11 is 12.3. The summed E-state index contributed by atoms with van der Waals surface area (Å²) in [5.41, 5.74) is 1.04. The van der Waals surface area contributed by atoms with Gasteiger partial charge in [-0.1, -0.05) is 29.3 Å². The molecule has 0 radical (unpaired) electrons. The van der Waals surface area contributed by atoms with E-state index in [0.29, 0.717) is 62.9 Å². The van der Waals surface area contributed by atoms with E-state index >= 15 is 0 Å². The Hall–Kier alpha value is -2.00. The van der Waals surface area contributed by atoms with E-state index < -0.39 is 10.0 Å². The standard InChI is InChI=1S/C24H29Cl2N3O4S/c1-2-33-23-9-8-21(16-22(23)26)34(31,32)29-10-4-5-18(17-29)24(30)28-13-11-27(12-14-28)20-7-3-6-19(25)15-20/h3,6-9,15-16,18H,2,4-5,10-14,17H2,1H3/t18-/m0/s1.